The van der Waals surface area contributed by atoms with Crippen LogP contribution in [0, 0.1) is 5.92 Å². The average Bonchev–Trinajstić information content (AvgIpc) is 3.70. The van der Waals surface area contributed by atoms with E-state index >= 15 is 0 Å². The number of carbonyl (C=O) groups is 2. The number of hydrogen-bond acceptors (Lipinski definition) is 9. The molecule has 4 rings (SSSR count). The second-order valence-corrected chi connectivity index (χ2v) is 12.7. The van der Waals surface area contributed by atoms with Crippen molar-refractivity contribution in [2.75, 3.05) is 19.6 Å². The SMILES string of the molecule is CC(C)CN(C[C@@H](Cc1ccccc1)NC(=O)OCc1cncs1)C[C@@H](Cc1ccccc1)NC(=O)OCc1nccs1. The van der Waals surface area contributed by atoms with Gasteiger partial charge in [-0.25, -0.2) is 14.6 Å². The lowest BCUT2D eigenvalue weighted by molar-refractivity contribution is 0.124. The fourth-order valence-electron chi connectivity index (χ4n) is 4.80. The number of aromatic nitrogens is 2. The molecule has 4 aromatic rings. The zero-order valence-corrected chi connectivity index (χ0v) is 26.2. The Bertz CT molecular complexity index is 1240. The van der Waals surface area contributed by atoms with Gasteiger partial charge >= 0.3 is 12.2 Å². The molecular formula is C32H39N5O4S2. The largest absolute Gasteiger partial charge is 0.444 e. The summed E-state index contributed by atoms with van der Waals surface area (Å²) in [5.41, 5.74) is 3.94. The Hall–Kier alpha value is -3.80. The summed E-state index contributed by atoms with van der Waals surface area (Å²) in [6.45, 7) is 6.56. The first kappa shape index (κ1) is 32.1. The van der Waals surface area contributed by atoms with E-state index in [1.807, 2.05) is 41.8 Å². The maximum Gasteiger partial charge on any atom is 0.407 e. The van der Waals surface area contributed by atoms with Crippen LogP contribution >= 0.6 is 22.7 Å². The third-order valence-electron chi connectivity index (χ3n) is 6.51. The summed E-state index contributed by atoms with van der Waals surface area (Å²) in [5.74, 6) is 0.366. The van der Waals surface area contributed by atoms with Crippen molar-refractivity contribution in [2.24, 2.45) is 5.92 Å². The van der Waals surface area contributed by atoms with Gasteiger partial charge in [0.25, 0.3) is 0 Å². The van der Waals surface area contributed by atoms with E-state index in [1.165, 1.54) is 22.7 Å². The number of rotatable bonds is 16. The molecule has 0 aliphatic rings. The van der Waals surface area contributed by atoms with Crippen LogP contribution in [-0.2, 0) is 35.5 Å². The van der Waals surface area contributed by atoms with Crippen LogP contribution in [-0.4, -0.2) is 58.8 Å². The number of nitrogens with one attached hydrogen (secondary N) is 2. The van der Waals surface area contributed by atoms with E-state index < -0.39 is 12.2 Å². The Morgan fingerprint density at radius 3 is 1.88 bits per heavy atom. The van der Waals surface area contributed by atoms with Crippen LogP contribution in [0.15, 0.2) is 83.9 Å². The quantitative estimate of drug-likeness (QED) is 0.160. The molecular weight excluding hydrogens is 583 g/mol. The molecule has 0 aliphatic heterocycles. The monoisotopic (exact) mass is 621 g/mol. The van der Waals surface area contributed by atoms with E-state index in [2.05, 4.69) is 63.6 Å². The topological polar surface area (TPSA) is 106 Å². The average molecular weight is 622 g/mol. The maximum atomic E-state index is 12.9. The molecule has 0 radical (unpaired) electrons. The predicted molar refractivity (Wildman–Crippen MR) is 170 cm³/mol. The van der Waals surface area contributed by atoms with Crippen molar-refractivity contribution in [3.8, 4) is 0 Å². The minimum absolute atomic E-state index is 0.129. The Balaban J connectivity index is 1.46. The summed E-state index contributed by atoms with van der Waals surface area (Å²) in [4.78, 5) is 37.2. The van der Waals surface area contributed by atoms with Gasteiger partial charge in [-0.2, -0.15) is 0 Å². The van der Waals surface area contributed by atoms with Gasteiger partial charge < -0.3 is 20.1 Å². The van der Waals surface area contributed by atoms with E-state index in [1.54, 1.807) is 17.9 Å². The van der Waals surface area contributed by atoms with Crippen LogP contribution in [0.2, 0.25) is 0 Å². The number of benzene rings is 2. The summed E-state index contributed by atoms with van der Waals surface area (Å²) in [6.07, 6.45) is 3.71. The van der Waals surface area contributed by atoms with Gasteiger partial charge in [0.2, 0.25) is 0 Å². The van der Waals surface area contributed by atoms with Crippen molar-refractivity contribution in [1.29, 1.82) is 0 Å². The number of amides is 2. The summed E-state index contributed by atoms with van der Waals surface area (Å²) in [6, 6.07) is 19.7. The normalized spacial score (nSPS) is 12.6. The highest BCUT2D eigenvalue weighted by Gasteiger charge is 2.23. The Morgan fingerprint density at radius 1 is 0.814 bits per heavy atom. The lowest BCUT2D eigenvalue weighted by atomic mass is 10.0. The van der Waals surface area contributed by atoms with Gasteiger partial charge in [-0.3, -0.25) is 9.88 Å². The van der Waals surface area contributed by atoms with E-state index in [-0.39, 0.29) is 25.3 Å². The summed E-state index contributed by atoms with van der Waals surface area (Å²) in [5, 5.41) is 8.78. The number of nitrogens with zero attached hydrogens (tertiary/aromatic N) is 3. The molecule has 228 valence electrons. The Labute approximate surface area is 261 Å². The lowest BCUT2D eigenvalue weighted by Gasteiger charge is -2.32. The molecule has 2 amide bonds. The molecule has 2 heterocycles. The summed E-state index contributed by atoms with van der Waals surface area (Å²) < 4.78 is 11.0. The molecule has 2 aromatic heterocycles. The van der Waals surface area contributed by atoms with Crippen molar-refractivity contribution in [3.63, 3.8) is 0 Å². The molecule has 9 nitrogen and oxygen atoms in total. The Morgan fingerprint density at radius 2 is 1.40 bits per heavy atom. The first-order valence-electron chi connectivity index (χ1n) is 14.4. The van der Waals surface area contributed by atoms with Crippen molar-refractivity contribution >= 4 is 34.9 Å². The molecule has 2 N–H and O–H groups in total. The zero-order chi connectivity index (χ0) is 30.3. The van der Waals surface area contributed by atoms with Crippen LogP contribution < -0.4 is 10.6 Å². The molecule has 0 spiro atoms. The number of thiazole rings is 2. The molecule has 43 heavy (non-hydrogen) atoms. The van der Waals surface area contributed by atoms with E-state index in [0.29, 0.717) is 31.8 Å². The lowest BCUT2D eigenvalue weighted by Crippen LogP contribution is -2.51. The molecule has 0 aliphatic carbocycles. The number of carbonyl (C=O) groups excluding carboxylic acids is 2. The molecule has 0 unspecified atom stereocenters. The highest BCUT2D eigenvalue weighted by atomic mass is 32.1. The number of hydrogen-bond donors (Lipinski definition) is 2. The van der Waals surface area contributed by atoms with Crippen LogP contribution in [0.1, 0.15) is 34.9 Å². The van der Waals surface area contributed by atoms with Gasteiger partial charge in [-0.05, 0) is 29.9 Å². The Kier molecular flexibility index (Phi) is 13.0. The van der Waals surface area contributed by atoms with E-state index in [0.717, 1.165) is 27.6 Å². The number of alkyl carbamates (subject to hydrolysis) is 2. The fraction of sp³-hybridized carbons (Fsp3) is 0.375. The standard InChI is InChI=1S/C32H39N5O4S2/c1-24(2)18-37(19-27(15-25-9-5-3-6-10-25)35-31(38)40-21-29-17-33-23-43-29)20-28(16-26-11-7-4-8-12-26)36-32(39)41-22-30-34-13-14-42-30/h3-14,17,23-24,27-28H,15-16,18-22H2,1-2H3,(H,35,38)(H,36,39)/t27-,28-/m1/s1. The first-order chi connectivity index (χ1) is 20.9. The minimum atomic E-state index is -0.480. The van der Waals surface area contributed by atoms with Crippen molar-refractivity contribution in [2.45, 2.75) is 52.0 Å². The summed E-state index contributed by atoms with van der Waals surface area (Å²) in [7, 11) is 0. The van der Waals surface area contributed by atoms with Gasteiger partial charge in [0.1, 0.15) is 18.2 Å². The number of ether oxygens (including phenoxy) is 2. The maximum absolute atomic E-state index is 12.9. The van der Waals surface area contributed by atoms with Crippen LogP contribution in [0.4, 0.5) is 9.59 Å². The van der Waals surface area contributed by atoms with Gasteiger partial charge in [0.15, 0.2) is 0 Å². The van der Waals surface area contributed by atoms with Gasteiger partial charge in [-0.1, -0.05) is 74.5 Å². The first-order valence-corrected chi connectivity index (χ1v) is 16.1. The van der Waals surface area contributed by atoms with Gasteiger partial charge in [-0.15, -0.1) is 22.7 Å². The van der Waals surface area contributed by atoms with Crippen LogP contribution in [0.25, 0.3) is 0 Å². The zero-order valence-electron chi connectivity index (χ0n) is 24.6. The molecule has 0 fully saturated rings. The van der Waals surface area contributed by atoms with E-state index in [4.69, 9.17) is 9.47 Å². The molecule has 0 saturated heterocycles. The van der Waals surface area contributed by atoms with Crippen molar-refractivity contribution in [1.82, 2.24) is 25.5 Å². The molecule has 0 saturated carbocycles. The highest BCUT2D eigenvalue weighted by Crippen LogP contribution is 2.13. The van der Waals surface area contributed by atoms with E-state index in [9.17, 15) is 9.59 Å². The van der Waals surface area contributed by atoms with Gasteiger partial charge in [0, 0.05) is 49.5 Å². The third kappa shape index (κ3) is 12.1. The second kappa shape index (κ2) is 17.3. The minimum Gasteiger partial charge on any atom is -0.444 e. The smallest absolute Gasteiger partial charge is 0.407 e. The fourth-order valence-corrected chi connectivity index (χ4v) is 5.83. The van der Waals surface area contributed by atoms with Crippen LogP contribution in [0.3, 0.4) is 0 Å². The third-order valence-corrected chi connectivity index (χ3v) is 8.02. The molecule has 2 aromatic carbocycles. The predicted octanol–water partition coefficient (Wildman–Crippen LogP) is 5.93. The summed E-state index contributed by atoms with van der Waals surface area (Å²) >= 11 is 2.89. The van der Waals surface area contributed by atoms with Gasteiger partial charge in [0.05, 0.1) is 10.4 Å². The molecule has 0 bridgehead atoms. The second-order valence-electron chi connectivity index (χ2n) is 10.7. The molecule has 2 atom stereocenters. The van der Waals surface area contributed by atoms with Crippen LogP contribution in [0.5, 0.6) is 0 Å². The molecule has 11 heteroatoms. The highest BCUT2D eigenvalue weighted by molar-refractivity contribution is 7.09. The van der Waals surface area contributed by atoms with Crippen molar-refractivity contribution < 1.29 is 19.1 Å². The van der Waals surface area contributed by atoms with Crippen molar-refractivity contribution in [3.05, 3.63) is 105 Å².